The zero-order valence-electron chi connectivity index (χ0n) is 19.1. The van der Waals surface area contributed by atoms with E-state index in [1.165, 1.54) is 20.8 Å². The summed E-state index contributed by atoms with van der Waals surface area (Å²) >= 11 is 0. The van der Waals surface area contributed by atoms with Gasteiger partial charge in [-0.05, 0) is 32.4 Å². The monoisotopic (exact) mass is 477 g/mol. The molecule has 12 nitrogen and oxygen atoms in total. The smallest absolute Gasteiger partial charge is 0.328 e. The molecule has 0 aliphatic carbocycles. The zero-order valence-corrected chi connectivity index (χ0v) is 19.1. The van der Waals surface area contributed by atoms with Gasteiger partial charge in [0.1, 0.15) is 18.1 Å². The lowest BCUT2D eigenvalue weighted by atomic mass is 10.0. The molecule has 0 aliphatic rings. The number of para-hydroxylation sites is 1. The number of aliphatic hydroxyl groups excluding tert-OH is 2. The van der Waals surface area contributed by atoms with E-state index >= 15 is 0 Å². The first-order valence-corrected chi connectivity index (χ1v) is 10.7. The standard InChI is InChI=1S/C22H31N5O7/c1-10(25-21(32)17(23)11(2)28)19(30)26-16(20(31)27-18(12(3)29)22(33)34)8-13-9-24-15-7-5-4-6-14(13)15/h4-7,9-12,16-18,24,28-29H,8,23H2,1-3H3,(H,25,32)(H,26,30)(H,27,31)(H,33,34). The first-order valence-electron chi connectivity index (χ1n) is 10.7. The summed E-state index contributed by atoms with van der Waals surface area (Å²) in [6.45, 7) is 3.92. The highest BCUT2D eigenvalue weighted by Gasteiger charge is 2.31. The van der Waals surface area contributed by atoms with Crippen LogP contribution in [0, 0.1) is 0 Å². The molecule has 0 aliphatic heterocycles. The number of aromatic nitrogens is 1. The van der Waals surface area contributed by atoms with Crippen LogP contribution in [-0.4, -0.2) is 80.4 Å². The van der Waals surface area contributed by atoms with E-state index in [0.717, 1.165) is 10.9 Å². The van der Waals surface area contributed by atoms with Gasteiger partial charge in [0.2, 0.25) is 17.7 Å². The largest absolute Gasteiger partial charge is 0.480 e. The number of aliphatic hydroxyl groups is 2. The lowest BCUT2D eigenvalue weighted by Crippen LogP contribution is -2.58. The molecule has 34 heavy (non-hydrogen) atoms. The lowest BCUT2D eigenvalue weighted by molar-refractivity contribution is -0.145. The van der Waals surface area contributed by atoms with Crippen molar-refractivity contribution in [3.8, 4) is 0 Å². The SMILES string of the molecule is CC(NC(=O)C(N)C(C)O)C(=O)NC(Cc1c[nH]c2ccccc12)C(=O)NC(C(=O)O)C(C)O. The molecule has 12 heteroatoms. The number of carbonyl (C=O) groups is 4. The molecule has 2 rings (SSSR count). The minimum atomic E-state index is -1.59. The number of aromatic amines is 1. The van der Waals surface area contributed by atoms with E-state index in [1.807, 2.05) is 24.3 Å². The number of fused-ring (bicyclic) bond motifs is 1. The average Bonchev–Trinajstić information content (AvgIpc) is 3.18. The summed E-state index contributed by atoms with van der Waals surface area (Å²) in [7, 11) is 0. The molecule has 1 aromatic heterocycles. The summed E-state index contributed by atoms with van der Waals surface area (Å²) in [5.41, 5.74) is 7.07. The van der Waals surface area contributed by atoms with Crippen LogP contribution in [0.1, 0.15) is 26.3 Å². The van der Waals surface area contributed by atoms with Crippen molar-refractivity contribution in [1.82, 2.24) is 20.9 Å². The van der Waals surface area contributed by atoms with Crippen molar-refractivity contribution in [2.45, 2.75) is 63.6 Å². The molecule has 0 fully saturated rings. The number of nitrogens with two attached hydrogens (primary N) is 1. The Balaban J connectivity index is 2.23. The number of benzene rings is 1. The first-order chi connectivity index (χ1) is 15.9. The second-order valence-corrected chi connectivity index (χ2v) is 8.19. The van der Waals surface area contributed by atoms with Crippen LogP contribution in [0.4, 0.5) is 0 Å². The van der Waals surface area contributed by atoms with Gasteiger partial charge in [-0.2, -0.15) is 0 Å². The Morgan fingerprint density at radius 2 is 1.59 bits per heavy atom. The maximum atomic E-state index is 13.0. The summed E-state index contributed by atoms with van der Waals surface area (Å²) in [6, 6.07) is 2.14. The van der Waals surface area contributed by atoms with Gasteiger partial charge in [-0.25, -0.2) is 4.79 Å². The van der Waals surface area contributed by atoms with E-state index in [4.69, 9.17) is 5.73 Å². The van der Waals surface area contributed by atoms with Gasteiger partial charge in [0.05, 0.1) is 12.2 Å². The average molecular weight is 478 g/mol. The second-order valence-electron chi connectivity index (χ2n) is 8.19. The third-order valence-electron chi connectivity index (χ3n) is 5.35. The summed E-state index contributed by atoms with van der Waals surface area (Å²) in [4.78, 5) is 52.2. The van der Waals surface area contributed by atoms with Crippen molar-refractivity contribution in [2.75, 3.05) is 0 Å². The number of carbonyl (C=O) groups excluding carboxylic acids is 3. The van der Waals surface area contributed by atoms with Gasteiger partial charge >= 0.3 is 5.97 Å². The highest BCUT2D eigenvalue weighted by atomic mass is 16.4. The van der Waals surface area contributed by atoms with Gasteiger partial charge in [-0.15, -0.1) is 0 Å². The number of hydrogen-bond acceptors (Lipinski definition) is 7. The third kappa shape index (κ3) is 6.76. The summed E-state index contributed by atoms with van der Waals surface area (Å²) in [6.07, 6.45) is -0.843. The van der Waals surface area contributed by atoms with Gasteiger partial charge in [-0.1, -0.05) is 18.2 Å². The molecule has 6 atom stereocenters. The first kappa shape index (κ1) is 26.8. The molecule has 6 unspecified atom stereocenters. The maximum absolute atomic E-state index is 13.0. The van der Waals surface area contributed by atoms with Crippen LogP contribution >= 0.6 is 0 Å². The summed E-state index contributed by atoms with van der Waals surface area (Å²) in [5, 5.41) is 36.4. The van der Waals surface area contributed by atoms with E-state index in [9.17, 15) is 34.5 Å². The van der Waals surface area contributed by atoms with Crippen LogP contribution in [0.5, 0.6) is 0 Å². The Kier molecular flexibility index (Phi) is 9.12. The number of aliphatic carboxylic acids is 1. The predicted molar refractivity (Wildman–Crippen MR) is 122 cm³/mol. The van der Waals surface area contributed by atoms with Crippen LogP contribution in [0.2, 0.25) is 0 Å². The Morgan fingerprint density at radius 3 is 2.18 bits per heavy atom. The molecule has 0 radical (unpaired) electrons. The molecule has 1 aromatic carbocycles. The van der Waals surface area contributed by atoms with Crippen molar-refractivity contribution < 1.29 is 34.5 Å². The van der Waals surface area contributed by atoms with Gasteiger partial charge in [0.25, 0.3) is 0 Å². The fraction of sp³-hybridized carbons (Fsp3) is 0.455. The number of hydrogen-bond donors (Lipinski definition) is 8. The normalized spacial score (nSPS) is 16.5. The topological polar surface area (TPSA) is 207 Å². The van der Waals surface area contributed by atoms with E-state index in [2.05, 4.69) is 20.9 Å². The fourth-order valence-corrected chi connectivity index (χ4v) is 3.26. The molecular weight excluding hydrogens is 446 g/mol. The van der Waals surface area contributed by atoms with Crippen LogP contribution in [-0.2, 0) is 25.6 Å². The number of carboxylic acid groups (broad SMARTS) is 1. The fourth-order valence-electron chi connectivity index (χ4n) is 3.26. The van der Waals surface area contributed by atoms with Crippen LogP contribution in [0.25, 0.3) is 10.9 Å². The van der Waals surface area contributed by atoms with Gasteiger partial charge < -0.3 is 42.0 Å². The van der Waals surface area contributed by atoms with E-state index in [-0.39, 0.29) is 6.42 Å². The predicted octanol–water partition coefficient (Wildman–Crippen LogP) is -1.64. The highest BCUT2D eigenvalue weighted by Crippen LogP contribution is 2.19. The van der Waals surface area contributed by atoms with E-state index in [1.54, 1.807) is 6.20 Å². The second kappa shape index (κ2) is 11.6. The summed E-state index contributed by atoms with van der Waals surface area (Å²) in [5.74, 6) is -3.75. The van der Waals surface area contributed by atoms with Crippen molar-refractivity contribution in [2.24, 2.45) is 5.73 Å². The quantitative estimate of drug-likeness (QED) is 0.188. The van der Waals surface area contributed by atoms with Crippen LogP contribution in [0.3, 0.4) is 0 Å². The molecule has 2 aromatic rings. The number of carboxylic acids is 1. The van der Waals surface area contributed by atoms with Gasteiger partial charge in [-0.3, -0.25) is 14.4 Å². The van der Waals surface area contributed by atoms with Crippen LogP contribution < -0.4 is 21.7 Å². The van der Waals surface area contributed by atoms with Crippen LogP contribution in [0.15, 0.2) is 30.5 Å². The minimum Gasteiger partial charge on any atom is -0.480 e. The molecule has 0 saturated carbocycles. The maximum Gasteiger partial charge on any atom is 0.328 e. The molecule has 3 amide bonds. The molecule has 186 valence electrons. The zero-order chi connectivity index (χ0) is 25.6. The molecule has 0 spiro atoms. The number of H-pyrrole nitrogens is 1. The summed E-state index contributed by atoms with van der Waals surface area (Å²) < 4.78 is 0. The molecule has 9 N–H and O–H groups in total. The van der Waals surface area contributed by atoms with Gasteiger partial charge in [0.15, 0.2) is 6.04 Å². The van der Waals surface area contributed by atoms with Crippen molar-refractivity contribution in [3.63, 3.8) is 0 Å². The number of rotatable bonds is 11. The number of nitrogens with one attached hydrogen (secondary N) is 4. The van der Waals surface area contributed by atoms with Crippen molar-refractivity contribution >= 4 is 34.6 Å². The van der Waals surface area contributed by atoms with Crippen molar-refractivity contribution in [1.29, 1.82) is 0 Å². The van der Waals surface area contributed by atoms with E-state index in [0.29, 0.717) is 5.56 Å². The van der Waals surface area contributed by atoms with Gasteiger partial charge in [0, 0.05) is 23.5 Å². The molecule has 1 heterocycles. The Labute approximate surface area is 195 Å². The lowest BCUT2D eigenvalue weighted by Gasteiger charge is -2.24. The number of amides is 3. The minimum absolute atomic E-state index is 0.00158. The Morgan fingerprint density at radius 1 is 0.941 bits per heavy atom. The third-order valence-corrected chi connectivity index (χ3v) is 5.35. The highest BCUT2D eigenvalue weighted by molar-refractivity contribution is 5.94. The Bertz CT molecular complexity index is 1040. The molecular formula is C22H31N5O7. The molecule has 0 saturated heterocycles. The Hall–Kier alpha value is -3.48. The molecule has 0 bridgehead atoms. The van der Waals surface area contributed by atoms with Crippen molar-refractivity contribution in [3.05, 3.63) is 36.0 Å². The van der Waals surface area contributed by atoms with E-state index < -0.39 is 60.1 Å².